The maximum Gasteiger partial charge on any atom is -0.0683 e. The number of aromatic nitrogens is 2. The van der Waals surface area contributed by atoms with E-state index in [1.807, 2.05) is 49.6 Å². The molecule has 0 bridgehead atoms. The maximum atomic E-state index is 5.46. The van der Waals surface area contributed by atoms with Crippen molar-refractivity contribution in [3.8, 4) is 17.1 Å². The van der Waals surface area contributed by atoms with Crippen LogP contribution in [0.25, 0.3) is 22.3 Å². The Morgan fingerprint density at radius 1 is 1.29 bits per heavy atom. The molecule has 0 spiro atoms. The summed E-state index contributed by atoms with van der Waals surface area (Å²) in [6.45, 7) is 9.49. The Bertz CT molecular complexity index is 755. The molecule has 0 atom stereocenters. The zero-order valence-electron chi connectivity index (χ0n) is 12.5. The topological polar surface area (TPSA) is 36.3 Å². The Morgan fingerprint density at radius 2 is 2.05 bits per heavy atom. The molecule has 0 fully saturated rings. The van der Waals surface area contributed by atoms with Crippen LogP contribution in [0.3, 0.4) is 0 Å². The van der Waals surface area contributed by atoms with Crippen LogP contribution < -0.4 is 14.6 Å². The Morgan fingerprint density at radius 3 is 2.71 bits per heavy atom. The first-order chi connectivity index (χ1) is 10.3. The largest absolute Gasteiger partial charge is 0.0683 e. The van der Waals surface area contributed by atoms with Gasteiger partial charge >= 0.3 is 115 Å². The molecular formula is C16H18BN2OS+. The third-order valence-corrected chi connectivity index (χ3v) is 3.77. The van der Waals surface area contributed by atoms with Crippen molar-refractivity contribution in [2.24, 2.45) is 0 Å². The Hall–Kier alpha value is -2.01. The van der Waals surface area contributed by atoms with Gasteiger partial charge in [-0.1, -0.05) is 13.8 Å². The fraction of sp³-hybridized carbons (Fsp3) is 0.188. The normalized spacial score (nSPS) is 9.67. The van der Waals surface area contributed by atoms with Crippen molar-refractivity contribution in [3.63, 3.8) is 0 Å². The first-order valence-corrected chi connectivity index (χ1v) is 7.77. The number of benzene rings is 1. The molecule has 2 aromatic heterocycles. The van der Waals surface area contributed by atoms with Crippen LogP contribution in [-0.4, -0.2) is 25.5 Å². The van der Waals surface area contributed by atoms with Crippen molar-refractivity contribution in [3.05, 3.63) is 35.7 Å². The number of hydrogen-bond donors (Lipinski definition) is 0. The summed E-state index contributed by atoms with van der Waals surface area (Å²) in [5.74, 6) is 0.845. The molecule has 0 amide bonds. The van der Waals surface area contributed by atoms with E-state index >= 15 is 0 Å². The van der Waals surface area contributed by atoms with E-state index in [1.165, 1.54) is 0 Å². The molecule has 0 unspecified atom stereocenters. The van der Waals surface area contributed by atoms with E-state index < -0.39 is 0 Å². The summed E-state index contributed by atoms with van der Waals surface area (Å²) >= 11 is 1.57. The average Bonchev–Trinajstić information content (AvgIpc) is 3.05. The second kappa shape index (κ2) is 7.13. The van der Waals surface area contributed by atoms with Crippen LogP contribution in [0.5, 0.6) is 5.75 Å². The molecule has 5 heteroatoms. The molecular weight excluding hydrogens is 279 g/mol. The maximum absolute atomic E-state index is 5.46. The van der Waals surface area contributed by atoms with Gasteiger partial charge in [-0.2, -0.15) is 0 Å². The number of methoxy groups -OCH3 is 1. The van der Waals surface area contributed by atoms with Crippen molar-refractivity contribution in [1.82, 2.24) is 4.98 Å². The first-order valence-electron chi connectivity index (χ1n) is 6.89. The summed E-state index contributed by atoms with van der Waals surface area (Å²) in [7, 11) is 1.68. The van der Waals surface area contributed by atoms with Gasteiger partial charge in [0.2, 0.25) is 0 Å². The zero-order chi connectivity index (χ0) is 15.2. The van der Waals surface area contributed by atoms with Gasteiger partial charge in [0, 0.05) is 0 Å². The van der Waals surface area contributed by atoms with Gasteiger partial charge in [-0.05, 0) is 0 Å². The van der Waals surface area contributed by atoms with Crippen molar-refractivity contribution in [1.29, 1.82) is 0 Å². The Kier molecular flexibility index (Phi) is 5.23. The van der Waals surface area contributed by atoms with Crippen LogP contribution in [0.4, 0.5) is 0 Å². The number of hydrogen-bond acceptors (Lipinski definition) is 3. The number of ether oxygens (including phenoxy) is 1. The molecule has 106 valence electrons. The van der Waals surface area contributed by atoms with Crippen molar-refractivity contribution in [2.75, 3.05) is 7.11 Å². The molecule has 1 aromatic carbocycles. The summed E-state index contributed by atoms with van der Waals surface area (Å²) < 4.78 is 5.46. The third-order valence-electron chi connectivity index (χ3n) is 2.93. The third kappa shape index (κ3) is 3.19. The van der Waals surface area contributed by atoms with Gasteiger partial charge in [0.1, 0.15) is 0 Å². The average molecular weight is 297 g/mol. The van der Waals surface area contributed by atoms with Crippen LogP contribution in [0.15, 0.2) is 35.7 Å². The minimum Gasteiger partial charge on any atom is -0.0683 e. The number of pyridine rings is 1. The minimum atomic E-state index is 0.845. The summed E-state index contributed by atoms with van der Waals surface area (Å²) in [6.07, 6.45) is 0. The number of nitrogens with zero attached hydrogens (tertiary/aromatic N) is 1. The van der Waals surface area contributed by atoms with Gasteiger partial charge in [0.15, 0.2) is 0 Å². The van der Waals surface area contributed by atoms with Crippen LogP contribution in [0.1, 0.15) is 13.8 Å². The van der Waals surface area contributed by atoms with Crippen molar-refractivity contribution >= 4 is 40.5 Å². The van der Waals surface area contributed by atoms with Gasteiger partial charge in [-0.3, -0.25) is 0 Å². The van der Waals surface area contributed by atoms with Gasteiger partial charge in [0.25, 0.3) is 0 Å². The monoisotopic (exact) mass is 297 g/mol. The number of nitrogens with one attached hydrogen (secondary N) is 1. The van der Waals surface area contributed by atoms with Gasteiger partial charge in [0.05, 0.1) is 0 Å². The van der Waals surface area contributed by atoms with Crippen LogP contribution in [0.2, 0.25) is 0 Å². The van der Waals surface area contributed by atoms with Gasteiger partial charge < -0.3 is 0 Å². The van der Waals surface area contributed by atoms with E-state index in [1.54, 1.807) is 25.4 Å². The quantitative estimate of drug-likeness (QED) is 0.697. The number of thiazole rings is 1. The predicted molar refractivity (Wildman–Crippen MR) is 92.0 cm³/mol. The van der Waals surface area contributed by atoms with E-state index in [9.17, 15) is 0 Å². The number of rotatable bonds is 3. The molecule has 21 heavy (non-hydrogen) atoms. The molecule has 0 aliphatic rings. The molecule has 2 heterocycles. The van der Waals surface area contributed by atoms with E-state index in [0.717, 1.165) is 32.9 Å². The number of fused-ring (bicyclic) bond motifs is 1. The summed E-state index contributed by atoms with van der Waals surface area (Å²) in [4.78, 5) is 8.79. The summed E-state index contributed by atoms with van der Waals surface area (Å²) in [6, 6.07) is 10.0. The van der Waals surface area contributed by atoms with E-state index in [0.29, 0.717) is 0 Å². The summed E-state index contributed by atoms with van der Waals surface area (Å²) in [5, 5.41) is 3.07. The molecule has 1 N–H and O–H groups in total. The molecule has 0 saturated heterocycles. The second-order valence-electron chi connectivity index (χ2n) is 4.07. The number of H-pyrrole nitrogens is 1. The van der Waals surface area contributed by atoms with Gasteiger partial charge in [-0.25, -0.2) is 0 Å². The molecule has 0 aliphatic heterocycles. The molecule has 0 radical (unpaired) electrons. The Labute approximate surface area is 129 Å². The Balaban J connectivity index is 0.000000774. The molecule has 3 nitrogen and oxygen atoms in total. The standard InChI is InChI=1S/C14H11BN2OS.C2H6/c1-15-14-17-12(8-19-14)11-7-13(18-2)9-5-3-4-6-10(9)16-11;1-2/h3-8H,1H2,2H3;1-2H3/p+1. The zero-order valence-corrected chi connectivity index (χ0v) is 13.3. The smallest absolute Gasteiger partial charge is 0.0683 e. The molecule has 3 rings (SSSR count). The molecule has 3 aromatic rings. The number of aromatic amines is 1. The molecule has 0 saturated carbocycles. The van der Waals surface area contributed by atoms with Crippen LogP contribution >= 0.6 is 11.3 Å². The van der Waals surface area contributed by atoms with E-state index in [-0.39, 0.29) is 0 Å². The van der Waals surface area contributed by atoms with Crippen molar-refractivity contribution in [2.45, 2.75) is 13.8 Å². The predicted octanol–water partition coefficient (Wildman–Crippen LogP) is 2.57. The number of para-hydroxylation sites is 1. The first kappa shape index (κ1) is 15.4. The second-order valence-corrected chi connectivity index (χ2v) is 4.96. The van der Waals surface area contributed by atoms with E-state index in [2.05, 4.69) is 16.4 Å². The SMILES string of the molecule is C=Bc1nc(-c2cc(OC)c3ccccc3[nH+]2)cs1.CC. The van der Waals surface area contributed by atoms with Crippen LogP contribution in [-0.2, 0) is 0 Å². The fourth-order valence-electron chi connectivity index (χ4n) is 2.01. The van der Waals surface area contributed by atoms with Gasteiger partial charge in [-0.15, -0.1) is 0 Å². The fourth-order valence-corrected chi connectivity index (χ4v) is 2.67. The van der Waals surface area contributed by atoms with Crippen molar-refractivity contribution < 1.29 is 9.72 Å². The van der Waals surface area contributed by atoms with Crippen LogP contribution in [0, 0.1) is 0 Å². The molecule has 0 aliphatic carbocycles. The minimum absolute atomic E-state index is 0.845. The van der Waals surface area contributed by atoms with E-state index in [4.69, 9.17) is 4.74 Å². The summed E-state index contributed by atoms with van der Waals surface area (Å²) in [5.41, 5.74) is 2.88.